The number of carbonyl (C=O) groups is 1. The maximum atomic E-state index is 13.2. The van der Waals surface area contributed by atoms with E-state index in [9.17, 15) is 13.2 Å². The Labute approximate surface area is 178 Å². The average molecular weight is 432 g/mol. The van der Waals surface area contributed by atoms with Crippen molar-refractivity contribution in [1.29, 1.82) is 0 Å². The zero-order valence-corrected chi connectivity index (χ0v) is 18.8. The largest absolute Gasteiger partial charge is 0.294 e. The molecule has 0 amide bonds. The zero-order valence-electron chi connectivity index (χ0n) is 18.0. The number of nitrogens with zero attached hydrogens (tertiary/aromatic N) is 5. The Morgan fingerprint density at radius 2 is 2.03 bits per heavy atom. The van der Waals surface area contributed by atoms with Gasteiger partial charge in [0.2, 0.25) is 0 Å². The van der Waals surface area contributed by atoms with Crippen LogP contribution in [0.3, 0.4) is 0 Å². The summed E-state index contributed by atoms with van der Waals surface area (Å²) in [6, 6.07) is 3.45. The lowest BCUT2D eigenvalue weighted by Crippen LogP contribution is -2.40. The zero-order chi connectivity index (χ0) is 21.7. The van der Waals surface area contributed by atoms with Gasteiger partial charge in [-0.3, -0.25) is 14.5 Å². The SMILES string of the molecule is CN(C)S(=O)(=O)N1CCC[C@H]1c1nn(Cc2cccnc2)c2c1C(=O)CC(C)(C)C2. The summed E-state index contributed by atoms with van der Waals surface area (Å²) < 4.78 is 30.4. The topological polar surface area (TPSA) is 88.4 Å². The molecule has 2 aromatic heterocycles. The molecule has 1 aliphatic carbocycles. The molecule has 162 valence electrons. The van der Waals surface area contributed by atoms with Crippen molar-refractivity contribution in [3.05, 3.63) is 47.0 Å². The number of hydrogen-bond donors (Lipinski definition) is 0. The molecule has 0 radical (unpaired) electrons. The second kappa shape index (κ2) is 7.55. The fourth-order valence-corrected chi connectivity index (χ4v) is 5.87. The standard InChI is InChI=1S/C21H29N5O3S/c1-21(2)11-17-19(18(27)12-21)20(23-25(17)14-15-7-5-9-22-13-15)16-8-6-10-26(16)30(28,29)24(3)4/h5,7,9,13,16H,6,8,10-12,14H2,1-4H3/t16-/m0/s1. The first-order valence-corrected chi connectivity index (χ1v) is 11.7. The van der Waals surface area contributed by atoms with Crippen molar-refractivity contribution >= 4 is 16.0 Å². The lowest BCUT2D eigenvalue weighted by molar-refractivity contribution is 0.0907. The molecule has 1 atom stereocenters. The third-order valence-electron chi connectivity index (χ3n) is 5.98. The number of fused-ring (bicyclic) bond motifs is 1. The van der Waals surface area contributed by atoms with E-state index in [0.717, 1.165) is 24.1 Å². The van der Waals surface area contributed by atoms with Crippen molar-refractivity contribution < 1.29 is 13.2 Å². The Bertz CT molecular complexity index is 1060. The second-order valence-corrected chi connectivity index (χ2v) is 11.3. The van der Waals surface area contributed by atoms with Gasteiger partial charge in [-0.2, -0.15) is 22.1 Å². The molecule has 2 aromatic rings. The molecule has 1 fully saturated rings. The van der Waals surface area contributed by atoms with E-state index in [-0.39, 0.29) is 11.2 Å². The van der Waals surface area contributed by atoms with Crippen molar-refractivity contribution in [2.45, 2.75) is 52.1 Å². The van der Waals surface area contributed by atoms with E-state index < -0.39 is 16.3 Å². The highest BCUT2D eigenvalue weighted by molar-refractivity contribution is 7.86. The minimum absolute atomic E-state index is 0.0581. The fraction of sp³-hybridized carbons (Fsp3) is 0.571. The van der Waals surface area contributed by atoms with Gasteiger partial charge in [0, 0.05) is 39.5 Å². The van der Waals surface area contributed by atoms with Crippen LogP contribution in [0, 0.1) is 5.41 Å². The molecular weight excluding hydrogens is 402 g/mol. The van der Waals surface area contributed by atoms with E-state index in [2.05, 4.69) is 18.8 Å². The second-order valence-electron chi connectivity index (χ2n) is 9.23. The Hall–Kier alpha value is -2.10. The van der Waals surface area contributed by atoms with Crippen LogP contribution < -0.4 is 0 Å². The summed E-state index contributed by atoms with van der Waals surface area (Å²) in [5.41, 5.74) is 2.99. The summed E-state index contributed by atoms with van der Waals surface area (Å²) >= 11 is 0. The van der Waals surface area contributed by atoms with E-state index in [0.29, 0.717) is 37.2 Å². The number of rotatable bonds is 5. The minimum Gasteiger partial charge on any atom is -0.294 e. The molecular formula is C21H29N5O3S. The smallest absolute Gasteiger partial charge is 0.282 e. The maximum Gasteiger partial charge on any atom is 0.282 e. The van der Waals surface area contributed by atoms with Crippen molar-refractivity contribution in [3.8, 4) is 0 Å². The third kappa shape index (κ3) is 3.70. The molecule has 3 heterocycles. The minimum atomic E-state index is -3.59. The van der Waals surface area contributed by atoms with Gasteiger partial charge in [-0.25, -0.2) is 0 Å². The van der Waals surface area contributed by atoms with Gasteiger partial charge in [-0.05, 0) is 36.3 Å². The molecule has 0 N–H and O–H groups in total. The molecule has 30 heavy (non-hydrogen) atoms. The van der Waals surface area contributed by atoms with Gasteiger partial charge in [0.15, 0.2) is 5.78 Å². The number of aromatic nitrogens is 3. The van der Waals surface area contributed by atoms with Gasteiger partial charge in [-0.1, -0.05) is 19.9 Å². The highest BCUT2D eigenvalue weighted by atomic mass is 32.2. The first-order chi connectivity index (χ1) is 14.1. The molecule has 0 aromatic carbocycles. The number of ketones is 1. The molecule has 8 nitrogen and oxygen atoms in total. The highest BCUT2D eigenvalue weighted by Gasteiger charge is 2.43. The van der Waals surface area contributed by atoms with Crippen LogP contribution in [0.5, 0.6) is 0 Å². The summed E-state index contributed by atoms with van der Waals surface area (Å²) in [6.07, 6.45) is 6.11. The number of pyridine rings is 1. The van der Waals surface area contributed by atoms with Gasteiger partial charge in [0.05, 0.1) is 29.5 Å². The van der Waals surface area contributed by atoms with Crippen LogP contribution in [0.25, 0.3) is 0 Å². The normalized spacial score (nSPS) is 21.9. The summed E-state index contributed by atoms with van der Waals surface area (Å²) in [5, 5.41) is 4.85. The fourth-order valence-electron chi connectivity index (χ4n) is 4.57. The first kappa shape index (κ1) is 21.1. The molecule has 4 rings (SSSR count). The van der Waals surface area contributed by atoms with Gasteiger partial charge in [0.1, 0.15) is 0 Å². The summed E-state index contributed by atoms with van der Waals surface area (Å²) in [5.74, 6) is 0.0581. The van der Waals surface area contributed by atoms with Gasteiger partial charge >= 0.3 is 0 Å². The van der Waals surface area contributed by atoms with E-state index in [1.807, 2.05) is 16.8 Å². The molecule has 0 unspecified atom stereocenters. The summed E-state index contributed by atoms with van der Waals surface area (Å²) in [6.45, 7) is 5.13. The monoisotopic (exact) mass is 431 g/mol. The van der Waals surface area contributed by atoms with Gasteiger partial charge in [-0.15, -0.1) is 0 Å². The van der Waals surface area contributed by atoms with Crippen molar-refractivity contribution in [3.63, 3.8) is 0 Å². The molecule has 1 aliphatic heterocycles. The lowest BCUT2D eigenvalue weighted by atomic mass is 9.75. The number of Topliss-reactive ketones (excluding diaryl/α,β-unsaturated/α-hetero) is 1. The van der Waals surface area contributed by atoms with Crippen LogP contribution in [0.2, 0.25) is 0 Å². The third-order valence-corrected chi connectivity index (χ3v) is 7.93. The van der Waals surface area contributed by atoms with Crippen LogP contribution >= 0.6 is 0 Å². The van der Waals surface area contributed by atoms with Crippen molar-refractivity contribution in [2.75, 3.05) is 20.6 Å². The van der Waals surface area contributed by atoms with E-state index in [1.54, 1.807) is 12.4 Å². The van der Waals surface area contributed by atoms with Crippen LogP contribution in [0.1, 0.15) is 66.5 Å². The summed E-state index contributed by atoms with van der Waals surface area (Å²) in [4.78, 5) is 17.4. The van der Waals surface area contributed by atoms with Crippen molar-refractivity contribution in [2.24, 2.45) is 5.41 Å². The highest BCUT2D eigenvalue weighted by Crippen LogP contribution is 2.42. The van der Waals surface area contributed by atoms with Gasteiger partial charge < -0.3 is 0 Å². The number of hydrogen-bond acceptors (Lipinski definition) is 5. The Morgan fingerprint density at radius 3 is 2.70 bits per heavy atom. The molecule has 0 bridgehead atoms. The maximum absolute atomic E-state index is 13.2. The molecule has 0 spiro atoms. The molecule has 1 saturated heterocycles. The van der Waals surface area contributed by atoms with E-state index in [4.69, 9.17) is 5.10 Å². The molecule has 2 aliphatic rings. The van der Waals surface area contributed by atoms with Crippen LogP contribution in [0.4, 0.5) is 0 Å². The van der Waals surface area contributed by atoms with E-state index in [1.165, 1.54) is 22.7 Å². The van der Waals surface area contributed by atoms with Crippen LogP contribution in [0.15, 0.2) is 24.5 Å². The quantitative estimate of drug-likeness (QED) is 0.725. The van der Waals surface area contributed by atoms with E-state index >= 15 is 0 Å². The Kier molecular flexibility index (Phi) is 5.32. The van der Waals surface area contributed by atoms with Crippen LogP contribution in [-0.2, 0) is 23.2 Å². The van der Waals surface area contributed by atoms with Crippen molar-refractivity contribution in [1.82, 2.24) is 23.4 Å². The average Bonchev–Trinajstić information content (AvgIpc) is 3.27. The molecule has 0 saturated carbocycles. The Balaban J connectivity index is 1.82. The van der Waals surface area contributed by atoms with Crippen LogP contribution in [-0.4, -0.2) is 58.2 Å². The first-order valence-electron chi connectivity index (χ1n) is 10.3. The molecule has 9 heteroatoms. The predicted molar refractivity (Wildman–Crippen MR) is 113 cm³/mol. The summed E-state index contributed by atoms with van der Waals surface area (Å²) in [7, 11) is -0.521. The number of carbonyl (C=O) groups excluding carboxylic acids is 1. The van der Waals surface area contributed by atoms with Gasteiger partial charge in [0.25, 0.3) is 10.2 Å². The lowest BCUT2D eigenvalue weighted by Gasteiger charge is -2.30. The Morgan fingerprint density at radius 1 is 1.27 bits per heavy atom. The predicted octanol–water partition coefficient (Wildman–Crippen LogP) is 2.42.